The number of esters is 1. The van der Waals surface area contributed by atoms with Gasteiger partial charge in [-0.3, -0.25) is 4.79 Å². The lowest BCUT2D eigenvalue weighted by atomic mass is 10.1. The van der Waals surface area contributed by atoms with Crippen molar-refractivity contribution in [1.29, 1.82) is 0 Å². The first kappa shape index (κ1) is 23.9. The molecule has 4 aromatic carbocycles. The van der Waals surface area contributed by atoms with Crippen LogP contribution in [0.2, 0.25) is 0 Å². The molecule has 0 saturated carbocycles. The summed E-state index contributed by atoms with van der Waals surface area (Å²) >= 11 is 0. The second-order valence-electron chi connectivity index (χ2n) is 7.97. The number of hydrogen-bond acceptors (Lipinski definition) is 6. The molecule has 0 fully saturated rings. The van der Waals surface area contributed by atoms with Gasteiger partial charge < -0.3 is 18.6 Å². The zero-order valence-corrected chi connectivity index (χ0v) is 19.2. The van der Waals surface area contributed by atoms with Gasteiger partial charge >= 0.3 is 12.1 Å². The third kappa shape index (κ3) is 4.84. The van der Waals surface area contributed by atoms with Gasteiger partial charge in [-0.05, 0) is 59.3 Å². The number of ether oxygens (including phenoxy) is 3. The molecular formula is C28H17F3O6. The smallest absolute Gasteiger partial charge is 0.453 e. The Kier molecular flexibility index (Phi) is 6.04. The van der Waals surface area contributed by atoms with Crippen LogP contribution in [0.1, 0.15) is 16.1 Å². The van der Waals surface area contributed by atoms with Crippen molar-refractivity contribution in [3.05, 3.63) is 106 Å². The van der Waals surface area contributed by atoms with Crippen LogP contribution in [0.25, 0.3) is 21.7 Å². The van der Waals surface area contributed by atoms with Crippen LogP contribution in [0.15, 0.2) is 94.1 Å². The van der Waals surface area contributed by atoms with Crippen LogP contribution < -0.4 is 19.6 Å². The summed E-state index contributed by atoms with van der Waals surface area (Å²) in [5.74, 6) is -2.87. The Bertz CT molecular complexity index is 1690. The maximum Gasteiger partial charge on any atom is 0.453 e. The second-order valence-corrected chi connectivity index (χ2v) is 7.97. The third-order valence-corrected chi connectivity index (χ3v) is 5.56. The molecule has 9 heteroatoms. The minimum Gasteiger partial charge on any atom is -0.497 e. The Morgan fingerprint density at radius 2 is 1.49 bits per heavy atom. The predicted molar refractivity (Wildman–Crippen MR) is 129 cm³/mol. The molecule has 0 aliphatic rings. The van der Waals surface area contributed by atoms with Crippen molar-refractivity contribution in [2.24, 2.45) is 0 Å². The molecule has 0 unspecified atom stereocenters. The van der Waals surface area contributed by atoms with E-state index >= 15 is 0 Å². The number of halogens is 3. The Hall–Kier alpha value is -4.79. The van der Waals surface area contributed by atoms with Gasteiger partial charge in [-0.15, -0.1) is 0 Å². The number of methoxy groups -OCH3 is 1. The topological polar surface area (TPSA) is 75.0 Å². The average molecular weight is 506 g/mol. The van der Waals surface area contributed by atoms with Crippen molar-refractivity contribution >= 4 is 27.7 Å². The fraction of sp³-hybridized carbons (Fsp3) is 0.0714. The van der Waals surface area contributed by atoms with Crippen molar-refractivity contribution in [2.75, 3.05) is 7.11 Å². The van der Waals surface area contributed by atoms with Crippen LogP contribution >= 0.6 is 0 Å². The molecule has 0 spiro atoms. The number of fused-ring (bicyclic) bond motifs is 2. The first-order valence-electron chi connectivity index (χ1n) is 10.9. The van der Waals surface area contributed by atoms with Gasteiger partial charge in [0.25, 0.3) is 5.76 Å². The molecule has 0 N–H and O–H groups in total. The van der Waals surface area contributed by atoms with Gasteiger partial charge in [0.1, 0.15) is 22.8 Å². The summed E-state index contributed by atoms with van der Waals surface area (Å²) in [4.78, 5) is 25.5. The Morgan fingerprint density at radius 1 is 0.811 bits per heavy atom. The third-order valence-electron chi connectivity index (χ3n) is 5.56. The Morgan fingerprint density at radius 3 is 2.19 bits per heavy atom. The zero-order chi connectivity index (χ0) is 26.2. The summed E-state index contributed by atoms with van der Waals surface area (Å²) in [6.45, 7) is 0. The van der Waals surface area contributed by atoms with E-state index < -0.39 is 34.7 Å². The summed E-state index contributed by atoms with van der Waals surface area (Å²) in [6, 6.07) is 21.5. The summed E-state index contributed by atoms with van der Waals surface area (Å²) in [6.07, 6.45) is -5.03. The van der Waals surface area contributed by atoms with Crippen molar-refractivity contribution in [1.82, 2.24) is 0 Å². The highest BCUT2D eigenvalue weighted by atomic mass is 19.4. The number of rotatable bonds is 5. The Labute approximate surface area is 207 Å². The minimum absolute atomic E-state index is 0.0425. The molecule has 0 aliphatic carbocycles. The van der Waals surface area contributed by atoms with Crippen LogP contribution in [0.3, 0.4) is 0 Å². The molecule has 0 aliphatic heterocycles. The molecule has 5 rings (SSSR count). The van der Waals surface area contributed by atoms with E-state index in [2.05, 4.69) is 0 Å². The average Bonchev–Trinajstić information content (AvgIpc) is 2.89. The molecule has 0 amide bonds. The van der Waals surface area contributed by atoms with Crippen LogP contribution in [0, 0.1) is 0 Å². The monoisotopic (exact) mass is 506 g/mol. The van der Waals surface area contributed by atoms with Crippen molar-refractivity contribution in [3.63, 3.8) is 0 Å². The second kappa shape index (κ2) is 9.34. The quantitative estimate of drug-likeness (QED) is 0.189. The molecule has 0 saturated heterocycles. The largest absolute Gasteiger partial charge is 0.497 e. The highest BCUT2D eigenvalue weighted by molar-refractivity contribution is 5.92. The summed E-state index contributed by atoms with van der Waals surface area (Å²) < 4.78 is 62.5. The number of benzene rings is 4. The molecule has 0 bridgehead atoms. The SMILES string of the molecule is COc1ccc(C(=O)Oc2ccc3c(=O)c(Oc4ccc5ccccc5c4)c(C(F)(F)F)oc3c2)cc1. The van der Waals surface area contributed by atoms with E-state index in [1.54, 1.807) is 30.3 Å². The molecule has 0 atom stereocenters. The number of carbonyl (C=O) groups is 1. The highest BCUT2D eigenvalue weighted by Gasteiger charge is 2.40. The summed E-state index contributed by atoms with van der Waals surface area (Å²) in [5, 5.41) is 1.41. The highest BCUT2D eigenvalue weighted by Crippen LogP contribution is 2.39. The summed E-state index contributed by atoms with van der Waals surface area (Å²) in [5.41, 5.74) is -1.24. The van der Waals surface area contributed by atoms with Crippen LogP contribution in [0.4, 0.5) is 13.2 Å². The molecule has 6 nitrogen and oxygen atoms in total. The number of alkyl halides is 3. The molecule has 0 radical (unpaired) electrons. The fourth-order valence-corrected chi connectivity index (χ4v) is 3.74. The minimum atomic E-state index is -5.03. The van der Waals surface area contributed by atoms with E-state index in [9.17, 15) is 22.8 Å². The van der Waals surface area contributed by atoms with Gasteiger partial charge in [-0.2, -0.15) is 13.2 Å². The molecule has 1 heterocycles. The van der Waals surface area contributed by atoms with E-state index in [-0.39, 0.29) is 22.4 Å². The van der Waals surface area contributed by atoms with Crippen LogP contribution in [-0.2, 0) is 6.18 Å². The fourth-order valence-electron chi connectivity index (χ4n) is 3.74. The molecular weight excluding hydrogens is 489 g/mol. The van der Waals surface area contributed by atoms with Crippen molar-refractivity contribution in [3.8, 4) is 23.0 Å². The maximum absolute atomic E-state index is 13.9. The summed E-state index contributed by atoms with van der Waals surface area (Å²) in [7, 11) is 1.48. The lowest BCUT2D eigenvalue weighted by Crippen LogP contribution is -2.15. The van der Waals surface area contributed by atoms with Crippen molar-refractivity contribution in [2.45, 2.75) is 6.18 Å². The normalized spacial score (nSPS) is 11.5. The van der Waals surface area contributed by atoms with E-state index in [0.29, 0.717) is 5.75 Å². The van der Waals surface area contributed by atoms with E-state index in [1.165, 1.54) is 43.5 Å². The van der Waals surface area contributed by atoms with E-state index in [0.717, 1.165) is 16.8 Å². The lowest BCUT2D eigenvalue weighted by Gasteiger charge is -2.14. The van der Waals surface area contributed by atoms with E-state index in [4.69, 9.17) is 18.6 Å². The lowest BCUT2D eigenvalue weighted by molar-refractivity contribution is -0.154. The first-order chi connectivity index (χ1) is 17.7. The molecule has 5 aromatic rings. The van der Waals surface area contributed by atoms with Gasteiger partial charge in [0.05, 0.1) is 18.1 Å². The van der Waals surface area contributed by atoms with Gasteiger partial charge in [0, 0.05) is 6.07 Å². The van der Waals surface area contributed by atoms with E-state index in [1.807, 2.05) is 12.1 Å². The maximum atomic E-state index is 13.9. The standard InChI is InChI=1S/C28H17F3O6/c1-34-19-9-7-17(8-10-19)27(33)36-21-12-13-22-23(15-21)37-26(28(29,30)31)25(24(22)32)35-20-11-6-16-4-2-3-5-18(16)14-20/h2-15H,1H3. The van der Waals surface area contributed by atoms with Crippen LogP contribution in [-0.4, -0.2) is 13.1 Å². The Balaban J connectivity index is 1.52. The van der Waals surface area contributed by atoms with Gasteiger partial charge in [0.2, 0.25) is 11.2 Å². The first-order valence-corrected chi connectivity index (χ1v) is 10.9. The molecule has 37 heavy (non-hydrogen) atoms. The molecule has 1 aromatic heterocycles. The number of hydrogen-bond donors (Lipinski definition) is 0. The van der Waals surface area contributed by atoms with Gasteiger partial charge in [-0.1, -0.05) is 30.3 Å². The van der Waals surface area contributed by atoms with Crippen molar-refractivity contribution < 1.29 is 36.6 Å². The molecule has 186 valence electrons. The van der Waals surface area contributed by atoms with Gasteiger partial charge in [-0.25, -0.2) is 4.79 Å². The van der Waals surface area contributed by atoms with Gasteiger partial charge in [0.15, 0.2) is 0 Å². The van der Waals surface area contributed by atoms with Crippen LogP contribution in [0.5, 0.6) is 23.0 Å². The zero-order valence-electron chi connectivity index (χ0n) is 19.2. The predicted octanol–water partition coefficient (Wildman–Crippen LogP) is 6.99. The number of carbonyl (C=O) groups excluding carboxylic acids is 1.